The predicted molar refractivity (Wildman–Crippen MR) is 79.5 cm³/mol. The van der Waals surface area contributed by atoms with Gasteiger partial charge in [0.2, 0.25) is 0 Å². The Bertz CT molecular complexity index is 563. The van der Waals surface area contributed by atoms with Crippen molar-refractivity contribution in [1.82, 2.24) is 0 Å². The lowest BCUT2D eigenvalue weighted by molar-refractivity contribution is -0.384. The van der Waals surface area contributed by atoms with Gasteiger partial charge in [-0.1, -0.05) is 6.92 Å². The van der Waals surface area contributed by atoms with E-state index in [2.05, 4.69) is 12.2 Å². The van der Waals surface area contributed by atoms with Crippen molar-refractivity contribution in [1.29, 1.82) is 0 Å². The zero-order valence-corrected chi connectivity index (χ0v) is 12.3. The fourth-order valence-electron chi connectivity index (χ4n) is 2.81. The molecule has 1 aromatic carbocycles. The van der Waals surface area contributed by atoms with Gasteiger partial charge in [-0.2, -0.15) is 0 Å². The van der Waals surface area contributed by atoms with E-state index in [9.17, 15) is 20.0 Å². The molecule has 0 unspecified atom stereocenters. The Labute approximate surface area is 123 Å². The molecule has 1 fully saturated rings. The first-order chi connectivity index (χ1) is 9.84. The Morgan fingerprint density at radius 1 is 1.43 bits per heavy atom. The summed E-state index contributed by atoms with van der Waals surface area (Å²) in [6.45, 7) is 3.87. The van der Waals surface area contributed by atoms with Gasteiger partial charge in [0.1, 0.15) is 5.54 Å². The molecule has 1 aliphatic carbocycles. The van der Waals surface area contributed by atoms with Gasteiger partial charge in [0.25, 0.3) is 5.69 Å². The number of aryl methyl sites for hydroxylation is 1. The van der Waals surface area contributed by atoms with E-state index >= 15 is 0 Å². The molecule has 0 atom stereocenters. The summed E-state index contributed by atoms with van der Waals surface area (Å²) >= 11 is 0. The number of nitro benzene ring substituents is 1. The van der Waals surface area contributed by atoms with Crippen LogP contribution in [-0.2, 0) is 4.79 Å². The number of carboxylic acids is 1. The van der Waals surface area contributed by atoms with Crippen LogP contribution in [-0.4, -0.2) is 21.5 Å². The highest BCUT2D eigenvalue weighted by Gasteiger charge is 2.41. The normalized spacial score (nSPS) is 25.3. The highest BCUT2D eigenvalue weighted by molar-refractivity contribution is 5.83. The highest BCUT2D eigenvalue weighted by atomic mass is 16.6. The third-order valence-electron chi connectivity index (χ3n) is 4.33. The summed E-state index contributed by atoms with van der Waals surface area (Å²) in [5.74, 6) is -0.315. The number of anilines is 1. The molecule has 0 spiro atoms. The van der Waals surface area contributed by atoms with Crippen LogP contribution in [0.2, 0.25) is 0 Å². The molecular weight excluding hydrogens is 272 g/mol. The number of benzene rings is 1. The molecule has 1 saturated carbocycles. The molecule has 0 aliphatic heterocycles. The molecule has 1 aromatic rings. The average Bonchev–Trinajstić information content (AvgIpc) is 2.43. The topological polar surface area (TPSA) is 92.5 Å². The van der Waals surface area contributed by atoms with E-state index in [-0.39, 0.29) is 5.69 Å². The van der Waals surface area contributed by atoms with E-state index in [1.54, 1.807) is 13.0 Å². The van der Waals surface area contributed by atoms with Crippen molar-refractivity contribution in [2.75, 3.05) is 5.32 Å². The van der Waals surface area contributed by atoms with Crippen LogP contribution in [0.15, 0.2) is 18.2 Å². The Balaban J connectivity index is 2.26. The number of nitrogens with one attached hydrogen (secondary N) is 1. The van der Waals surface area contributed by atoms with Gasteiger partial charge in [0.05, 0.1) is 4.92 Å². The van der Waals surface area contributed by atoms with Crippen LogP contribution in [0.1, 0.15) is 38.2 Å². The number of nitro groups is 1. The summed E-state index contributed by atoms with van der Waals surface area (Å²) in [4.78, 5) is 22.0. The third-order valence-corrected chi connectivity index (χ3v) is 4.33. The molecule has 0 aromatic heterocycles. The first-order valence-corrected chi connectivity index (χ1v) is 7.11. The number of nitrogens with zero attached hydrogens (tertiary/aromatic N) is 1. The summed E-state index contributed by atoms with van der Waals surface area (Å²) in [5.41, 5.74) is 0.383. The van der Waals surface area contributed by atoms with Crippen LogP contribution in [0.5, 0.6) is 0 Å². The van der Waals surface area contributed by atoms with Crippen molar-refractivity contribution in [2.45, 2.75) is 45.1 Å². The highest BCUT2D eigenvalue weighted by Crippen LogP contribution is 2.36. The predicted octanol–water partition coefficient (Wildman–Crippen LogP) is 3.35. The van der Waals surface area contributed by atoms with Crippen molar-refractivity contribution >= 4 is 17.3 Å². The number of hydrogen-bond donors (Lipinski definition) is 2. The van der Waals surface area contributed by atoms with E-state index in [1.807, 2.05) is 0 Å². The van der Waals surface area contributed by atoms with Gasteiger partial charge in [-0.3, -0.25) is 10.1 Å². The number of carboxylic acid groups (broad SMARTS) is 1. The molecule has 21 heavy (non-hydrogen) atoms. The molecule has 2 N–H and O–H groups in total. The van der Waals surface area contributed by atoms with Crippen molar-refractivity contribution in [3.63, 3.8) is 0 Å². The second-order valence-corrected chi connectivity index (χ2v) is 5.95. The fourth-order valence-corrected chi connectivity index (χ4v) is 2.81. The summed E-state index contributed by atoms with van der Waals surface area (Å²) in [6, 6.07) is 4.45. The maximum Gasteiger partial charge on any atom is 0.329 e. The second kappa shape index (κ2) is 5.71. The van der Waals surface area contributed by atoms with Gasteiger partial charge in [0, 0.05) is 17.8 Å². The van der Waals surface area contributed by atoms with Crippen molar-refractivity contribution in [3.05, 3.63) is 33.9 Å². The lowest BCUT2D eigenvalue weighted by Crippen LogP contribution is -2.49. The molecule has 0 radical (unpaired) electrons. The Morgan fingerprint density at radius 2 is 2.05 bits per heavy atom. The van der Waals surface area contributed by atoms with Crippen LogP contribution in [0.3, 0.4) is 0 Å². The van der Waals surface area contributed by atoms with Crippen LogP contribution in [0.4, 0.5) is 11.4 Å². The molecule has 114 valence electrons. The largest absolute Gasteiger partial charge is 0.480 e. The van der Waals surface area contributed by atoms with Crippen LogP contribution < -0.4 is 5.32 Å². The van der Waals surface area contributed by atoms with Gasteiger partial charge in [0.15, 0.2) is 0 Å². The van der Waals surface area contributed by atoms with Crippen molar-refractivity contribution in [3.8, 4) is 0 Å². The van der Waals surface area contributed by atoms with E-state index in [0.29, 0.717) is 30.0 Å². The minimum atomic E-state index is -0.965. The van der Waals surface area contributed by atoms with Crippen molar-refractivity contribution in [2.24, 2.45) is 5.92 Å². The molecule has 0 bridgehead atoms. The molecule has 2 rings (SSSR count). The van der Waals surface area contributed by atoms with E-state index in [0.717, 1.165) is 12.8 Å². The average molecular weight is 292 g/mol. The van der Waals surface area contributed by atoms with E-state index < -0.39 is 16.4 Å². The maximum atomic E-state index is 11.7. The number of rotatable bonds is 4. The number of carbonyl (C=O) groups is 1. The Hall–Kier alpha value is -2.11. The van der Waals surface area contributed by atoms with Gasteiger partial charge in [-0.05, 0) is 50.2 Å². The van der Waals surface area contributed by atoms with E-state index in [1.165, 1.54) is 12.1 Å². The molecule has 1 aliphatic rings. The quantitative estimate of drug-likeness (QED) is 0.655. The lowest BCUT2D eigenvalue weighted by atomic mass is 9.77. The fraction of sp³-hybridized carbons (Fsp3) is 0.533. The number of aliphatic carboxylic acids is 1. The summed E-state index contributed by atoms with van der Waals surface area (Å²) < 4.78 is 0. The summed E-state index contributed by atoms with van der Waals surface area (Å²) in [7, 11) is 0. The zero-order valence-electron chi connectivity index (χ0n) is 12.3. The minimum absolute atomic E-state index is 0.0136. The van der Waals surface area contributed by atoms with Crippen LogP contribution in [0, 0.1) is 23.0 Å². The lowest BCUT2D eigenvalue weighted by Gasteiger charge is -2.37. The van der Waals surface area contributed by atoms with E-state index in [4.69, 9.17) is 0 Å². The first kappa shape index (κ1) is 15.3. The summed E-state index contributed by atoms with van der Waals surface area (Å²) in [5, 5.41) is 23.5. The Kier molecular flexibility index (Phi) is 4.16. The smallest absolute Gasteiger partial charge is 0.329 e. The molecule has 0 saturated heterocycles. The molecule has 6 heteroatoms. The van der Waals surface area contributed by atoms with Gasteiger partial charge in [-0.25, -0.2) is 4.79 Å². The minimum Gasteiger partial charge on any atom is -0.480 e. The van der Waals surface area contributed by atoms with Crippen molar-refractivity contribution < 1.29 is 14.8 Å². The summed E-state index contributed by atoms with van der Waals surface area (Å²) in [6.07, 6.45) is 2.87. The van der Waals surface area contributed by atoms with Gasteiger partial charge in [-0.15, -0.1) is 0 Å². The number of hydrogen-bond acceptors (Lipinski definition) is 4. The standard InChI is InChI=1S/C15H20N2O4/c1-10-5-7-15(8-6-10,14(18)19)16-13-4-3-12(17(20)21)9-11(13)2/h3-4,9-10,16H,5-8H2,1-2H3,(H,18,19). The van der Waals surface area contributed by atoms with Gasteiger partial charge < -0.3 is 10.4 Å². The monoisotopic (exact) mass is 292 g/mol. The zero-order chi connectivity index (χ0) is 15.6. The molecule has 6 nitrogen and oxygen atoms in total. The van der Waals surface area contributed by atoms with Crippen LogP contribution in [0.25, 0.3) is 0 Å². The maximum absolute atomic E-state index is 11.7. The molecule has 0 amide bonds. The second-order valence-electron chi connectivity index (χ2n) is 5.95. The SMILES string of the molecule is Cc1cc([N+](=O)[O-])ccc1NC1(C(=O)O)CCC(C)CC1. The van der Waals surface area contributed by atoms with Crippen LogP contribution >= 0.6 is 0 Å². The third kappa shape index (κ3) is 3.15. The molecule has 0 heterocycles. The first-order valence-electron chi connectivity index (χ1n) is 7.11. The van der Waals surface area contributed by atoms with Gasteiger partial charge >= 0.3 is 5.97 Å². The Morgan fingerprint density at radius 3 is 2.52 bits per heavy atom. The number of non-ortho nitro benzene ring substituents is 1. The molecular formula is C15H20N2O4.